The Bertz CT molecular complexity index is 1690. The van der Waals surface area contributed by atoms with E-state index in [1.54, 1.807) is 0 Å². The Morgan fingerprint density at radius 1 is 0.429 bits per heavy atom. The first-order valence-corrected chi connectivity index (χ1v) is 29.5. The number of unbranched alkanes of at least 4 members (excludes halogenated alkanes) is 14. The van der Waals surface area contributed by atoms with Gasteiger partial charge in [0.1, 0.15) is 54.9 Å². The monoisotopic (exact) mass is 1080 g/mol. The number of carbonyl (C=O) groups excluding carboxylic acids is 1. The zero-order chi connectivity index (χ0) is 55.8. The number of rotatable bonds is 46. The topological polar surface area (TPSA) is 214 Å². The standard InChI is InChI=1S/C63H104O14/c1-3-5-7-9-11-13-15-17-19-21-23-25-27-29-31-33-35-37-39-41-43-45-47-72-49-52(50-73-62-61(71)59(69)57(67)54(77-62)51-74-63-60(70)58(68)56(66)53(48-64)76-63)75-55(65)46-44-42-40-38-36-34-32-30-28-26-24-22-20-18-16-14-12-10-8-6-4-2/h5-8,11-14,17-20,23-26,30,32,52-54,56-64,66-71H,3-4,9-10,15-16,21-22,27-29,31,33-51H2,1-2H3/b7-5-,8-6-,13-11-,14-12-,19-17-,20-18-,25-23-,26-24-,32-30-. The van der Waals surface area contributed by atoms with Gasteiger partial charge in [-0.25, -0.2) is 0 Å². The summed E-state index contributed by atoms with van der Waals surface area (Å²) in [5.74, 6) is -0.401. The summed E-state index contributed by atoms with van der Waals surface area (Å²) >= 11 is 0. The van der Waals surface area contributed by atoms with Crippen LogP contribution in [0.1, 0.15) is 181 Å². The number of allylic oxidation sites excluding steroid dienone is 18. The lowest BCUT2D eigenvalue weighted by atomic mass is 9.98. The van der Waals surface area contributed by atoms with Crippen LogP contribution >= 0.6 is 0 Å². The van der Waals surface area contributed by atoms with E-state index in [0.717, 1.165) is 116 Å². The van der Waals surface area contributed by atoms with Gasteiger partial charge in [0.05, 0.1) is 26.4 Å². The van der Waals surface area contributed by atoms with E-state index in [-0.39, 0.29) is 19.6 Å². The largest absolute Gasteiger partial charge is 0.457 e. The molecule has 0 aromatic heterocycles. The molecule has 11 atom stereocenters. The Morgan fingerprint density at radius 2 is 0.805 bits per heavy atom. The number of esters is 1. The number of hydrogen-bond acceptors (Lipinski definition) is 14. The summed E-state index contributed by atoms with van der Waals surface area (Å²) in [6, 6.07) is 0. The minimum absolute atomic E-state index is 0.0418. The van der Waals surface area contributed by atoms with Crippen molar-refractivity contribution in [2.75, 3.05) is 33.0 Å². The van der Waals surface area contributed by atoms with Gasteiger partial charge in [0.15, 0.2) is 12.6 Å². The molecule has 0 spiro atoms. The van der Waals surface area contributed by atoms with Crippen LogP contribution in [0.25, 0.3) is 0 Å². The van der Waals surface area contributed by atoms with Crippen LogP contribution in [0.2, 0.25) is 0 Å². The summed E-state index contributed by atoms with van der Waals surface area (Å²) < 4.78 is 34.4. The molecule has 2 saturated heterocycles. The Hall–Kier alpha value is -3.35. The number of hydrogen-bond donors (Lipinski definition) is 7. The van der Waals surface area contributed by atoms with Crippen molar-refractivity contribution in [3.05, 3.63) is 109 Å². The third kappa shape index (κ3) is 35.1. The van der Waals surface area contributed by atoms with Crippen LogP contribution in [-0.2, 0) is 33.2 Å². The highest BCUT2D eigenvalue weighted by Gasteiger charge is 2.47. The molecule has 2 heterocycles. The molecular weight excluding hydrogens is 981 g/mol. The van der Waals surface area contributed by atoms with Crippen LogP contribution in [-0.4, -0.2) is 142 Å². The molecule has 0 aliphatic carbocycles. The predicted molar refractivity (Wildman–Crippen MR) is 307 cm³/mol. The molecule has 0 aromatic rings. The van der Waals surface area contributed by atoms with E-state index in [0.29, 0.717) is 13.0 Å². The first-order valence-electron chi connectivity index (χ1n) is 29.5. The fourth-order valence-corrected chi connectivity index (χ4v) is 8.60. The highest BCUT2D eigenvalue weighted by Crippen LogP contribution is 2.26. The van der Waals surface area contributed by atoms with E-state index < -0.39 is 86.7 Å². The molecular formula is C63H104O14. The van der Waals surface area contributed by atoms with Crippen molar-refractivity contribution in [1.29, 1.82) is 0 Å². The van der Waals surface area contributed by atoms with Crippen molar-refractivity contribution in [1.82, 2.24) is 0 Å². The van der Waals surface area contributed by atoms with E-state index in [2.05, 4.69) is 123 Å². The lowest BCUT2D eigenvalue weighted by Gasteiger charge is -2.42. The lowest BCUT2D eigenvalue weighted by Crippen LogP contribution is -2.61. The van der Waals surface area contributed by atoms with Crippen LogP contribution in [0, 0.1) is 0 Å². The second kappa shape index (κ2) is 48.5. The molecule has 0 bridgehead atoms. The molecule has 0 saturated carbocycles. The average molecular weight is 1090 g/mol. The van der Waals surface area contributed by atoms with Gasteiger partial charge in [-0.2, -0.15) is 0 Å². The van der Waals surface area contributed by atoms with E-state index >= 15 is 0 Å². The van der Waals surface area contributed by atoms with Crippen LogP contribution in [0.5, 0.6) is 0 Å². The maximum atomic E-state index is 13.1. The van der Waals surface area contributed by atoms with Crippen LogP contribution in [0.15, 0.2) is 109 Å². The van der Waals surface area contributed by atoms with Gasteiger partial charge >= 0.3 is 5.97 Å². The molecule has 0 amide bonds. The van der Waals surface area contributed by atoms with Gasteiger partial charge in [-0.15, -0.1) is 0 Å². The van der Waals surface area contributed by atoms with Crippen molar-refractivity contribution in [2.24, 2.45) is 0 Å². The normalized spacial score (nSPS) is 25.1. The van der Waals surface area contributed by atoms with E-state index in [4.69, 9.17) is 28.4 Å². The zero-order valence-electron chi connectivity index (χ0n) is 47.2. The highest BCUT2D eigenvalue weighted by atomic mass is 16.7. The maximum absolute atomic E-state index is 13.1. The van der Waals surface area contributed by atoms with Crippen molar-refractivity contribution >= 4 is 5.97 Å². The first kappa shape index (κ1) is 69.8. The second-order valence-corrected chi connectivity index (χ2v) is 20.1. The predicted octanol–water partition coefficient (Wildman–Crippen LogP) is 10.7. The molecule has 14 heteroatoms. The highest BCUT2D eigenvalue weighted by molar-refractivity contribution is 5.69. The van der Waals surface area contributed by atoms with Crippen molar-refractivity contribution in [3.8, 4) is 0 Å². The maximum Gasteiger partial charge on any atom is 0.306 e. The van der Waals surface area contributed by atoms with Gasteiger partial charge in [0, 0.05) is 13.0 Å². The molecule has 14 nitrogen and oxygen atoms in total. The Balaban J connectivity index is 1.73. The smallest absolute Gasteiger partial charge is 0.306 e. The van der Waals surface area contributed by atoms with Crippen molar-refractivity contribution < 1.29 is 69.0 Å². The molecule has 0 radical (unpaired) electrons. The fourth-order valence-electron chi connectivity index (χ4n) is 8.60. The summed E-state index contributed by atoms with van der Waals surface area (Å²) in [7, 11) is 0. The second-order valence-electron chi connectivity index (χ2n) is 20.1. The number of carbonyl (C=O) groups is 1. The summed E-state index contributed by atoms with van der Waals surface area (Å²) in [4.78, 5) is 13.1. The Morgan fingerprint density at radius 3 is 1.26 bits per heavy atom. The minimum Gasteiger partial charge on any atom is -0.457 e. The first-order chi connectivity index (χ1) is 37.6. The van der Waals surface area contributed by atoms with Crippen LogP contribution in [0.3, 0.4) is 0 Å². The molecule has 11 unspecified atom stereocenters. The molecule has 2 aliphatic rings. The van der Waals surface area contributed by atoms with Gasteiger partial charge in [-0.3, -0.25) is 4.79 Å². The minimum atomic E-state index is -1.72. The Kier molecular flexibility index (Phi) is 44.0. The third-order valence-corrected chi connectivity index (χ3v) is 13.3. The van der Waals surface area contributed by atoms with E-state index in [1.807, 2.05) is 0 Å². The summed E-state index contributed by atoms with van der Waals surface area (Å²) in [5.41, 5.74) is 0. The molecule has 7 N–H and O–H groups in total. The molecule has 440 valence electrons. The molecule has 77 heavy (non-hydrogen) atoms. The fraction of sp³-hybridized carbons (Fsp3) is 0.698. The van der Waals surface area contributed by atoms with Gasteiger partial charge in [-0.05, 0) is 96.3 Å². The molecule has 2 rings (SSSR count). The zero-order valence-corrected chi connectivity index (χ0v) is 47.2. The molecule has 2 aliphatic heterocycles. The summed E-state index contributed by atoms with van der Waals surface area (Å²) in [5, 5.41) is 72.4. The van der Waals surface area contributed by atoms with Crippen molar-refractivity contribution in [3.63, 3.8) is 0 Å². The molecule has 0 aromatic carbocycles. The number of aliphatic hydroxyl groups is 7. The Labute approximate surface area is 464 Å². The van der Waals surface area contributed by atoms with E-state index in [1.165, 1.54) is 38.5 Å². The van der Waals surface area contributed by atoms with Gasteiger partial charge in [0.25, 0.3) is 0 Å². The SMILES string of the molecule is CC/C=C\C/C=C\C/C=C\C/C=C\C/C=C\CCCCCCCC(=O)OC(COCCCCCCCCCCC/C=C\C/C=C\C/C=C\C/C=C\CC)COC1OC(COC2OC(CO)C(O)C(O)C2O)C(O)C(O)C1O. The molecule has 2 fully saturated rings. The van der Waals surface area contributed by atoms with Gasteiger partial charge in [-0.1, -0.05) is 187 Å². The third-order valence-electron chi connectivity index (χ3n) is 13.3. The number of aliphatic hydroxyl groups excluding tert-OH is 7. The number of ether oxygens (including phenoxy) is 6. The van der Waals surface area contributed by atoms with Gasteiger partial charge < -0.3 is 64.2 Å². The van der Waals surface area contributed by atoms with E-state index in [9.17, 15) is 40.5 Å². The van der Waals surface area contributed by atoms with Crippen LogP contribution < -0.4 is 0 Å². The lowest BCUT2D eigenvalue weighted by molar-refractivity contribution is -0.332. The summed E-state index contributed by atoms with van der Waals surface area (Å²) in [6.45, 7) is 3.41. The quantitative estimate of drug-likeness (QED) is 0.0172. The average Bonchev–Trinajstić information content (AvgIpc) is 3.43. The van der Waals surface area contributed by atoms with Crippen LogP contribution in [0.4, 0.5) is 0 Å². The van der Waals surface area contributed by atoms with Gasteiger partial charge in [0.2, 0.25) is 0 Å². The van der Waals surface area contributed by atoms with Crippen molar-refractivity contribution in [2.45, 2.75) is 248 Å². The summed E-state index contributed by atoms with van der Waals surface area (Å²) in [6.07, 6.45) is 50.0.